The smallest absolute Gasteiger partial charge is 0.352 e. The minimum Gasteiger partial charge on any atom is -0.352 e. The second kappa shape index (κ2) is 13.0. The molecule has 3 nitrogen and oxygen atoms in total. The summed E-state index contributed by atoms with van der Waals surface area (Å²) >= 11 is 0. The largest absolute Gasteiger partial charge is 0.419 e. The van der Waals surface area contributed by atoms with Gasteiger partial charge in [0, 0.05) is 24.8 Å². The van der Waals surface area contributed by atoms with Crippen LogP contribution in [0.5, 0.6) is 0 Å². The number of aryl methyl sites for hydroxylation is 3. The Bertz CT molecular complexity index is 1210. The third-order valence-corrected chi connectivity index (χ3v) is 6.80. The average molecular weight is 537 g/mol. The van der Waals surface area contributed by atoms with Crippen molar-refractivity contribution in [2.75, 3.05) is 13.2 Å². The van der Waals surface area contributed by atoms with E-state index >= 15 is 4.39 Å². The van der Waals surface area contributed by atoms with Crippen LogP contribution in [0.3, 0.4) is 0 Å². The summed E-state index contributed by atoms with van der Waals surface area (Å²) in [6.07, 6.45) is 0.505. The van der Waals surface area contributed by atoms with Crippen LogP contribution in [0, 0.1) is 11.6 Å². The van der Waals surface area contributed by atoms with Gasteiger partial charge in [0.05, 0.1) is 12.2 Å². The number of benzene rings is 3. The molecule has 0 saturated carbocycles. The Labute approximate surface area is 219 Å². The molecular weight excluding hydrogens is 503 g/mol. The van der Waals surface area contributed by atoms with Crippen LogP contribution in [0.4, 0.5) is 22.0 Å². The van der Waals surface area contributed by atoms with Crippen LogP contribution >= 0.6 is 0 Å². The maximum atomic E-state index is 15.2. The fourth-order valence-electron chi connectivity index (χ4n) is 4.66. The summed E-state index contributed by atoms with van der Waals surface area (Å²) in [5.74, 6) is -1.69. The van der Waals surface area contributed by atoms with Gasteiger partial charge >= 0.3 is 6.18 Å². The molecule has 4 rings (SSSR count). The van der Waals surface area contributed by atoms with Gasteiger partial charge in [-0.15, -0.1) is 0 Å². The van der Waals surface area contributed by atoms with Crippen LogP contribution in [0.2, 0.25) is 0 Å². The van der Waals surface area contributed by atoms with Crippen LogP contribution in [-0.4, -0.2) is 25.8 Å². The molecule has 0 N–H and O–H groups in total. The molecule has 3 aromatic rings. The molecule has 2 unspecified atom stereocenters. The zero-order valence-electron chi connectivity index (χ0n) is 21.5. The second-order valence-electron chi connectivity index (χ2n) is 9.68. The third kappa shape index (κ3) is 7.52. The molecule has 1 heterocycles. The van der Waals surface area contributed by atoms with Crippen molar-refractivity contribution in [3.8, 4) is 0 Å². The van der Waals surface area contributed by atoms with E-state index in [1.807, 2.05) is 18.2 Å². The van der Waals surface area contributed by atoms with Crippen molar-refractivity contribution in [3.05, 3.63) is 82.4 Å². The topological polar surface area (TPSA) is 27.7 Å². The van der Waals surface area contributed by atoms with Crippen LogP contribution in [0.1, 0.15) is 61.3 Å². The molecule has 0 bridgehead atoms. The van der Waals surface area contributed by atoms with E-state index in [1.165, 1.54) is 6.07 Å². The minimum atomic E-state index is -4.74. The lowest BCUT2D eigenvalue weighted by Crippen LogP contribution is -2.34. The van der Waals surface area contributed by atoms with E-state index in [9.17, 15) is 17.6 Å². The summed E-state index contributed by atoms with van der Waals surface area (Å²) in [6.45, 7) is 3.43. The summed E-state index contributed by atoms with van der Waals surface area (Å²) in [5, 5.41) is 1.22. The first-order valence-corrected chi connectivity index (χ1v) is 13.2. The molecule has 3 aromatic carbocycles. The number of fused-ring (bicyclic) bond motifs is 1. The van der Waals surface area contributed by atoms with E-state index in [4.69, 9.17) is 14.2 Å². The van der Waals surface area contributed by atoms with Crippen molar-refractivity contribution >= 4 is 10.8 Å². The van der Waals surface area contributed by atoms with Crippen molar-refractivity contribution in [3.63, 3.8) is 0 Å². The van der Waals surface area contributed by atoms with E-state index in [1.54, 1.807) is 12.1 Å². The van der Waals surface area contributed by atoms with E-state index in [2.05, 4.69) is 6.92 Å². The first-order valence-electron chi connectivity index (χ1n) is 13.2. The molecule has 38 heavy (non-hydrogen) atoms. The lowest BCUT2D eigenvalue weighted by molar-refractivity contribution is -0.286. The lowest BCUT2D eigenvalue weighted by Gasteiger charge is -2.30. The average Bonchev–Trinajstić information content (AvgIpc) is 2.89. The van der Waals surface area contributed by atoms with Gasteiger partial charge in [-0.1, -0.05) is 56.2 Å². The Morgan fingerprint density at radius 2 is 1.71 bits per heavy atom. The van der Waals surface area contributed by atoms with Gasteiger partial charge in [-0.2, -0.15) is 13.2 Å². The highest BCUT2D eigenvalue weighted by Gasteiger charge is 2.33. The summed E-state index contributed by atoms with van der Waals surface area (Å²) in [4.78, 5) is 0. The Balaban J connectivity index is 1.33. The van der Waals surface area contributed by atoms with Crippen LogP contribution in [-0.2, 0) is 39.6 Å². The minimum absolute atomic E-state index is 0.222. The Hall–Kier alpha value is -2.55. The summed E-state index contributed by atoms with van der Waals surface area (Å²) in [6, 6.07) is 11.9. The fourth-order valence-corrected chi connectivity index (χ4v) is 4.66. The molecule has 1 aliphatic heterocycles. The van der Waals surface area contributed by atoms with Gasteiger partial charge in [0.1, 0.15) is 11.6 Å². The van der Waals surface area contributed by atoms with Crippen molar-refractivity contribution in [2.24, 2.45) is 0 Å². The number of halogens is 5. The van der Waals surface area contributed by atoms with Crippen LogP contribution in [0.15, 0.2) is 48.5 Å². The molecule has 8 heteroatoms. The van der Waals surface area contributed by atoms with Gasteiger partial charge in [0.15, 0.2) is 12.6 Å². The van der Waals surface area contributed by atoms with Crippen molar-refractivity contribution in [2.45, 2.75) is 77.0 Å². The monoisotopic (exact) mass is 536 g/mol. The molecule has 1 saturated heterocycles. The van der Waals surface area contributed by atoms with Gasteiger partial charge in [-0.25, -0.2) is 8.78 Å². The molecule has 1 aliphatic rings. The standard InChI is InChI=1S/C30H33F5O3/c1-2-3-4-16-36-28-15-17-37-27(38-28)14-8-20-6-12-24-23(18-20)11-10-22(29(24)32)9-5-21-7-13-25(26(31)19-21)30(33,34)35/h6-7,10-13,18-19,27-28H,2-5,8-9,14-17H2,1H3. The van der Waals surface area contributed by atoms with E-state index in [0.29, 0.717) is 49.0 Å². The first kappa shape index (κ1) is 28.5. The van der Waals surface area contributed by atoms with Gasteiger partial charge in [0.2, 0.25) is 0 Å². The number of unbranched alkanes of at least 4 members (excludes halogenated alkanes) is 2. The highest BCUT2D eigenvalue weighted by atomic mass is 19.4. The molecule has 0 amide bonds. The normalized spacial score (nSPS) is 18.3. The van der Waals surface area contributed by atoms with E-state index in [0.717, 1.165) is 42.3 Å². The lowest BCUT2D eigenvalue weighted by atomic mass is 9.97. The molecule has 0 aliphatic carbocycles. The van der Waals surface area contributed by atoms with Crippen molar-refractivity contribution in [1.82, 2.24) is 0 Å². The van der Waals surface area contributed by atoms with Gasteiger partial charge in [-0.3, -0.25) is 0 Å². The zero-order chi connectivity index (χ0) is 27.1. The second-order valence-corrected chi connectivity index (χ2v) is 9.68. The summed E-state index contributed by atoms with van der Waals surface area (Å²) in [5.41, 5.74) is 0.541. The number of hydrogen-bond acceptors (Lipinski definition) is 3. The van der Waals surface area contributed by atoms with Crippen molar-refractivity contribution < 1.29 is 36.2 Å². The Kier molecular flexibility index (Phi) is 9.74. The molecule has 0 radical (unpaired) electrons. The van der Waals surface area contributed by atoms with Gasteiger partial charge < -0.3 is 14.2 Å². The number of rotatable bonds is 11. The third-order valence-electron chi connectivity index (χ3n) is 6.80. The molecule has 1 fully saturated rings. The quantitative estimate of drug-likeness (QED) is 0.183. The summed E-state index contributed by atoms with van der Waals surface area (Å²) < 4.78 is 84.8. The molecule has 0 aromatic heterocycles. The predicted octanol–water partition coefficient (Wildman–Crippen LogP) is 8.15. The molecular formula is C30H33F5O3. The SMILES string of the molecule is CCCCCOC1CCOC(CCc2ccc3c(F)c(CCc4ccc(C(F)(F)F)c(F)c4)ccc3c2)O1. The fraction of sp³-hybridized carbons (Fsp3) is 0.467. The molecule has 206 valence electrons. The summed E-state index contributed by atoms with van der Waals surface area (Å²) in [7, 11) is 0. The van der Waals surface area contributed by atoms with Crippen LogP contribution < -0.4 is 0 Å². The number of hydrogen-bond donors (Lipinski definition) is 0. The first-order chi connectivity index (χ1) is 18.2. The highest BCUT2D eigenvalue weighted by Crippen LogP contribution is 2.32. The zero-order valence-corrected chi connectivity index (χ0v) is 21.5. The molecule has 2 atom stereocenters. The molecule has 0 spiro atoms. The number of ether oxygens (including phenoxy) is 3. The maximum absolute atomic E-state index is 15.2. The predicted molar refractivity (Wildman–Crippen MR) is 136 cm³/mol. The van der Waals surface area contributed by atoms with Crippen molar-refractivity contribution in [1.29, 1.82) is 0 Å². The van der Waals surface area contributed by atoms with Crippen LogP contribution in [0.25, 0.3) is 10.8 Å². The Morgan fingerprint density at radius 3 is 2.47 bits per heavy atom. The van der Waals surface area contributed by atoms with E-state index < -0.39 is 17.6 Å². The maximum Gasteiger partial charge on any atom is 0.419 e. The van der Waals surface area contributed by atoms with Gasteiger partial charge in [-0.05, 0) is 59.9 Å². The van der Waals surface area contributed by atoms with Gasteiger partial charge in [0.25, 0.3) is 0 Å². The highest BCUT2D eigenvalue weighted by molar-refractivity contribution is 5.84. The number of alkyl halides is 3. The van der Waals surface area contributed by atoms with E-state index in [-0.39, 0.29) is 31.2 Å². The Morgan fingerprint density at radius 1 is 0.921 bits per heavy atom.